The van der Waals surface area contributed by atoms with E-state index in [1.165, 1.54) is 7.11 Å². The van der Waals surface area contributed by atoms with Gasteiger partial charge in [-0.1, -0.05) is 25.3 Å². The fourth-order valence-corrected chi connectivity index (χ4v) is 2.56. The molecule has 0 radical (unpaired) electrons. The molecule has 8 nitrogen and oxygen atoms in total. The Bertz CT molecular complexity index is 614. The molecule has 3 amide bonds. The minimum absolute atomic E-state index is 0.0269. The second kappa shape index (κ2) is 9.51. The number of amides is 3. The summed E-state index contributed by atoms with van der Waals surface area (Å²) in [6.45, 7) is -0.308. The lowest BCUT2D eigenvalue weighted by Crippen LogP contribution is -2.51. The predicted octanol–water partition coefficient (Wildman–Crippen LogP) is 0.670. The van der Waals surface area contributed by atoms with Gasteiger partial charge < -0.3 is 14.8 Å². The number of carbonyl (C=O) groups is 3. The number of nitrogens with one attached hydrogen (secondary N) is 3. The van der Waals surface area contributed by atoms with Crippen LogP contribution in [0.2, 0.25) is 0 Å². The van der Waals surface area contributed by atoms with Crippen molar-refractivity contribution < 1.29 is 23.9 Å². The molecule has 25 heavy (non-hydrogen) atoms. The Balaban J connectivity index is 1.67. The van der Waals surface area contributed by atoms with E-state index in [2.05, 4.69) is 16.2 Å². The first-order valence-corrected chi connectivity index (χ1v) is 8.25. The van der Waals surface area contributed by atoms with Gasteiger partial charge in [-0.3, -0.25) is 25.2 Å². The Labute approximate surface area is 146 Å². The zero-order valence-electron chi connectivity index (χ0n) is 14.2. The van der Waals surface area contributed by atoms with Crippen LogP contribution >= 0.6 is 0 Å². The maximum absolute atomic E-state index is 11.8. The van der Waals surface area contributed by atoms with E-state index in [4.69, 9.17) is 9.47 Å². The molecule has 1 aromatic carbocycles. The molecule has 1 saturated carbocycles. The number of carbonyl (C=O) groups excluding carboxylic acids is 3. The van der Waals surface area contributed by atoms with Gasteiger partial charge in [0.1, 0.15) is 11.5 Å². The highest BCUT2D eigenvalue weighted by atomic mass is 16.5. The standard InChI is InChI=1S/C17H23N3O5/c1-24-13-8-5-9-14(10-13)25-11-15(21)19-20-17(23)16(22)18-12-6-3-2-4-7-12/h5,8-10,12H,2-4,6-7,11H2,1H3,(H,18,22)(H,19,21)(H,20,23). The van der Waals surface area contributed by atoms with Crippen molar-refractivity contribution in [2.75, 3.05) is 13.7 Å². The number of hydrogen-bond acceptors (Lipinski definition) is 5. The lowest BCUT2D eigenvalue weighted by atomic mass is 9.95. The van der Waals surface area contributed by atoms with Crippen LogP contribution in [0.15, 0.2) is 24.3 Å². The van der Waals surface area contributed by atoms with Crippen molar-refractivity contribution in [3.63, 3.8) is 0 Å². The number of rotatable bonds is 5. The van der Waals surface area contributed by atoms with Crippen molar-refractivity contribution >= 4 is 17.7 Å². The zero-order chi connectivity index (χ0) is 18.1. The van der Waals surface area contributed by atoms with Gasteiger partial charge in [0.05, 0.1) is 7.11 Å². The lowest BCUT2D eigenvalue weighted by molar-refractivity contribution is -0.141. The first-order chi connectivity index (χ1) is 12.1. The van der Waals surface area contributed by atoms with Crippen LogP contribution in [-0.2, 0) is 14.4 Å². The Kier molecular flexibility index (Phi) is 7.06. The minimum Gasteiger partial charge on any atom is -0.497 e. The fourth-order valence-electron chi connectivity index (χ4n) is 2.56. The molecule has 136 valence electrons. The molecule has 0 atom stereocenters. The van der Waals surface area contributed by atoms with Gasteiger partial charge in [0.25, 0.3) is 5.91 Å². The summed E-state index contributed by atoms with van der Waals surface area (Å²) in [5.41, 5.74) is 4.22. The normalized spacial score (nSPS) is 14.3. The minimum atomic E-state index is -0.902. The first kappa shape index (κ1) is 18.6. The molecule has 1 aliphatic carbocycles. The Hall–Kier alpha value is -2.77. The van der Waals surface area contributed by atoms with Crippen LogP contribution < -0.4 is 25.6 Å². The summed E-state index contributed by atoms with van der Waals surface area (Å²) >= 11 is 0. The summed E-state index contributed by atoms with van der Waals surface area (Å²) in [4.78, 5) is 35.1. The molecule has 0 bridgehead atoms. The van der Waals surface area contributed by atoms with Gasteiger partial charge >= 0.3 is 11.8 Å². The molecule has 0 aliphatic heterocycles. The highest BCUT2D eigenvalue weighted by Gasteiger charge is 2.20. The third-order valence-electron chi connectivity index (χ3n) is 3.87. The van der Waals surface area contributed by atoms with Gasteiger partial charge in [0, 0.05) is 12.1 Å². The summed E-state index contributed by atoms with van der Waals surface area (Å²) in [5.74, 6) is -1.18. The molecule has 0 unspecified atom stereocenters. The maximum atomic E-state index is 11.8. The van der Waals surface area contributed by atoms with E-state index in [1.807, 2.05) is 0 Å². The Morgan fingerprint density at radius 3 is 2.48 bits per heavy atom. The molecule has 1 fully saturated rings. The molecule has 1 aliphatic rings. The number of hydrazine groups is 1. The van der Waals surface area contributed by atoms with Gasteiger partial charge in [-0.15, -0.1) is 0 Å². The van der Waals surface area contributed by atoms with Gasteiger partial charge in [0.2, 0.25) is 0 Å². The number of benzene rings is 1. The first-order valence-electron chi connectivity index (χ1n) is 8.25. The van der Waals surface area contributed by atoms with Crippen LogP contribution in [0, 0.1) is 0 Å². The molecule has 0 saturated heterocycles. The molecule has 0 aromatic heterocycles. The van der Waals surface area contributed by atoms with E-state index >= 15 is 0 Å². The van der Waals surface area contributed by atoms with Crippen molar-refractivity contribution in [1.29, 1.82) is 0 Å². The van der Waals surface area contributed by atoms with Gasteiger partial charge in [-0.25, -0.2) is 0 Å². The second-order valence-corrected chi connectivity index (χ2v) is 5.78. The van der Waals surface area contributed by atoms with E-state index in [0.717, 1.165) is 32.1 Å². The number of hydrogen-bond donors (Lipinski definition) is 3. The van der Waals surface area contributed by atoms with Crippen molar-refractivity contribution in [3.8, 4) is 11.5 Å². The third kappa shape index (κ3) is 6.33. The van der Waals surface area contributed by atoms with Crippen LogP contribution in [-0.4, -0.2) is 37.5 Å². The second-order valence-electron chi connectivity index (χ2n) is 5.78. The van der Waals surface area contributed by atoms with E-state index in [1.54, 1.807) is 24.3 Å². The zero-order valence-corrected chi connectivity index (χ0v) is 14.2. The molecular weight excluding hydrogens is 326 g/mol. The summed E-state index contributed by atoms with van der Waals surface area (Å²) in [6.07, 6.45) is 5.00. The molecule has 1 aromatic rings. The molecule has 0 heterocycles. The van der Waals surface area contributed by atoms with E-state index < -0.39 is 17.7 Å². The summed E-state index contributed by atoms with van der Waals surface area (Å²) in [6, 6.07) is 6.80. The lowest BCUT2D eigenvalue weighted by Gasteiger charge is -2.22. The summed E-state index contributed by atoms with van der Waals surface area (Å²) in [5, 5.41) is 2.67. The van der Waals surface area contributed by atoms with Crippen LogP contribution in [0.1, 0.15) is 32.1 Å². The maximum Gasteiger partial charge on any atom is 0.327 e. The average Bonchev–Trinajstić information content (AvgIpc) is 2.65. The number of methoxy groups -OCH3 is 1. The van der Waals surface area contributed by atoms with E-state index in [9.17, 15) is 14.4 Å². The van der Waals surface area contributed by atoms with Crippen molar-refractivity contribution in [1.82, 2.24) is 16.2 Å². The molecule has 2 rings (SSSR count). The van der Waals surface area contributed by atoms with Gasteiger partial charge in [-0.05, 0) is 25.0 Å². The van der Waals surface area contributed by atoms with Crippen LogP contribution in [0.5, 0.6) is 11.5 Å². The van der Waals surface area contributed by atoms with E-state index in [0.29, 0.717) is 11.5 Å². The fraction of sp³-hybridized carbons (Fsp3) is 0.471. The summed E-state index contributed by atoms with van der Waals surface area (Å²) in [7, 11) is 1.53. The topological polar surface area (TPSA) is 106 Å². The monoisotopic (exact) mass is 349 g/mol. The summed E-state index contributed by atoms with van der Waals surface area (Å²) < 4.78 is 10.3. The van der Waals surface area contributed by atoms with Gasteiger partial charge in [-0.2, -0.15) is 0 Å². The highest BCUT2D eigenvalue weighted by Crippen LogP contribution is 2.18. The quantitative estimate of drug-likeness (QED) is 0.535. The van der Waals surface area contributed by atoms with Crippen molar-refractivity contribution in [2.45, 2.75) is 38.1 Å². The smallest absolute Gasteiger partial charge is 0.327 e. The van der Waals surface area contributed by atoms with Crippen LogP contribution in [0.3, 0.4) is 0 Å². The van der Waals surface area contributed by atoms with E-state index in [-0.39, 0.29) is 12.6 Å². The average molecular weight is 349 g/mol. The highest BCUT2D eigenvalue weighted by molar-refractivity contribution is 6.35. The van der Waals surface area contributed by atoms with Crippen molar-refractivity contribution in [2.24, 2.45) is 0 Å². The largest absolute Gasteiger partial charge is 0.497 e. The molecule has 0 spiro atoms. The predicted molar refractivity (Wildman–Crippen MR) is 89.8 cm³/mol. The third-order valence-corrected chi connectivity index (χ3v) is 3.87. The molecular formula is C17H23N3O5. The Morgan fingerprint density at radius 2 is 1.76 bits per heavy atom. The Morgan fingerprint density at radius 1 is 1.04 bits per heavy atom. The van der Waals surface area contributed by atoms with Gasteiger partial charge in [0.15, 0.2) is 6.61 Å². The molecule has 8 heteroatoms. The van der Waals surface area contributed by atoms with Crippen LogP contribution in [0.4, 0.5) is 0 Å². The SMILES string of the molecule is COc1cccc(OCC(=O)NNC(=O)C(=O)NC2CCCCC2)c1. The van der Waals surface area contributed by atoms with Crippen molar-refractivity contribution in [3.05, 3.63) is 24.3 Å². The molecule has 3 N–H and O–H groups in total. The van der Waals surface area contributed by atoms with Crippen LogP contribution in [0.25, 0.3) is 0 Å². The number of ether oxygens (including phenoxy) is 2.